The molecule has 1 atom stereocenters. The lowest BCUT2D eigenvalue weighted by Gasteiger charge is -2.16. The van der Waals surface area contributed by atoms with Gasteiger partial charge in [0.1, 0.15) is 0 Å². The zero-order valence-corrected chi connectivity index (χ0v) is 13.1. The normalized spacial score (nSPS) is 23.4. The SMILES string of the molecule is CCNc1cccnc1S(=O)(=O)NC1CCN(C2CC2)C1. The predicted octanol–water partition coefficient (Wildman–Crippen LogP) is 1.03. The maximum Gasteiger partial charge on any atom is 0.260 e. The van der Waals surface area contributed by atoms with Crippen LogP contribution in [0.25, 0.3) is 0 Å². The molecule has 0 aromatic carbocycles. The molecule has 6 nitrogen and oxygen atoms in total. The Labute approximate surface area is 126 Å². The van der Waals surface area contributed by atoms with Gasteiger partial charge in [0.05, 0.1) is 5.69 Å². The summed E-state index contributed by atoms with van der Waals surface area (Å²) in [6.45, 7) is 4.39. The van der Waals surface area contributed by atoms with Gasteiger partial charge in [0, 0.05) is 37.9 Å². The van der Waals surface area contributed by atoms with E-state index in [1.165, 1.54) is 19.0 Å². The number of hydrogen-bond acceptors (Lipinski definition) is 5. The van der Waals surface area contributed by atoms with Crippen LogP contribution in [0.1, 0.15) is 26.2 Å². The fraction of sp³-hybridized carbons (Fsp3) is 0.643. The van der Waals surface area contributed by atoms with Gasteiger partial charge in [-0.15, -0.1) is 0 Å². The van der Waals surface area contributed by atoms with Crippen LogP contribution in [0.15, 0.2) is 23.4 Å². The van der Waals surface area contributed by atoms with Crippen molar-refractivity contribution >= 4 is 15.7 Å². The van der Waals surface area contributed by atoms with Gasteiger partial charge < -0.3 is 5.32 Å². The summed E-state index contributed by atoms with van der Waals surface area (Å²) < 4.78 is 27.9. The molecule has 1 saturated heterocycles. The van der Waals surface area contributed by atoms with Gasteiger partial charge in [0.15, 0.2) is 5.03 Å². The lowest BCUT2D eigenvalue weighted by atomic mass is 10.3. The minimum atomic E-state index is -3.58. The molecule has 0 radical (unpaired) electrons. The molecule has 1 aromatic heterocycles. The van der Waals surface area contributed by atoms with Gasteiger partial charge >= 0.3 is 0 Å². The van der Waals surface area contributed by atoms with Gasteiger partial charge in [-0.2, -0.15) is 0 Å². The van der Waals surface area contributed by atoms with Gasteiger partial charge in [0.2, 0.25) is 0 Å². The van der Waals surface area contributed by atoms with E-state index in [4.69, 9.17) is 0 Å². The van der Waals surface area contributed by atoms with E-state index in [2.05, 4.69) is 19.9 Å². The van der Waals surface area contributed by atoms with Crippen LogP contribution in [0.5, 0.6) is 0 Å². The molecule has 7 heteroatoms. The zero-order valence-electron chi connectivity index (χ0n) is 12.2. The van der Waals surface area contributed by atoms with Crippen molar-refractivity contribution in [2.45, 2.75) is 43.3 Å². The number of rotatable bonds is 6. The van der Waals surface area contributed by atoms with Crippen molar-refractivity contribution in [2.24, 2.45) is 0 Å². The van der Waals surface area contributed by atoms with E-state index in [0.29, 0.717) is 18.3 Å². The monoisotopic (exact) mass is 310 g/mol. The van der Waals surface area contributed by atoms with Gasteiger partial charge in [-0.3, -0.25) is 4.90 Å². The zero-order chi connectivity index (χ0) is 14.9. The highest BCUT2D eigenvalue weighted by atomic mass is 32.2. The van der Waals surface area contributed by atoms with Gasteiger partial charge in [-0.05, 0) is 38.3 Å². The fourth-order valence-electron chi connectivity index (χ4n) is 2.86. The highest BCUT2D eigenvalue weighted by Gasteiger charge is 2.36. The first-order valence-electron chi connectivity index (χ1n) is 7.55. The van der Waals surface area contributed by atoms with E-state index in [-0.39, 0.29) is 11.1 Å². The van der Waals surface area contributed by atoms with Crippen LogP contribution in [-0.2, 0) is 10.0 Å². The van der Waals surface area contributed by atoms with E-state index in [1.807, 2.05) is 6.92 Å². The van der Waals surface area contributed by atoms with Crippen molar-refractivity contribution in [1.29, 1.82) is 0 Å². The number of hydrogen-bond donors (Lipinski definition) is 2. The molecule has 21 heavy (non-hydrogen) atoms. The first-order valence-corrected chi connectivity index (χ1v) is 9.03. The molecule has 1 saturated carbocycles. The Morgan fingerprint density at radius 3 is 2.90 bits per heavy atom. The summed E-state index contributed by atoms with van der Waals surface area (Å²) in [7, 11) is -3.58. The van der Waals surface area contributed by atoms with Gasteiger partial charge in [-0.1, -0.05) is 0 Å². The second kappa shape index (κ2) is 5.90. The molecule has 1 aliphatic carbocycles. The van der Waals surface area contributed by atoms with Crippen molar-refractivity contribution < 1.29 is 8.42 Å². The van der Waals surface area contributed by atoms with Crippen molar-refractivity contribution in [3.63, 3.8) is 0 Å². The predicted molar refractivity (Wildman–Crippen MR) is 81.7 cm³/mol. The third-order valence-corrected chi connectivity index (χ3v) is 5.48. The number of anilines is 1. The summed E-state index contributed by atoms with van der Waals surface area (Å²) >= 11 is 0. The number of likely N-dealkylation sites (tertiary alicyclic amines) is 1. The van der Waals surface area contributed by atoms with E-state index in [0.717, 1.165) is 19.5 Å². The number of nitrogens with one attached hydrogen (secondary N) is 2. The molecule has 0 amide bonds. The average Bonchev–Trinajstić information content (AvgIpc) is 3.21. The Kier molecular flexibility index (Phi) is 4.14. The minimum Gasteiger partial charge on any atom is -0.383 e. The maximum atomic E-state index is 12.5. The Bertz CT molecular complexity index is 601. The quantitative estimate of drug-likeness (QED) is 0.821. The van der Waals surface area contributed by atoms with Crippen LogP contribution in [0.3, 0.4) is 0 Å². The van der Waals surface area contributed by atoms with Crippen LogP contribution in [0.4, 0.5) is 5.69 Å². The number of sulfonamides is 1. The topological polar surface area (TPSA) is 74.3 Å². The Morgan fingerprint density at radius 2 is 2.19 bits per heavy atom. The lowest BCUT2D eigenvalue weighted by Crippen LogP contribution is -2.38. The van der Waals surface area contributed by atoms with E-state index >= 15 is 0 Å². The van der Waals surface area contributed by atoms with Crippen LogP contribution >= 0.6 is 0 Å². The lowest BCUT2D eigenvalue weighted by molar-refractivity contribution is 0.322. The third kappa shape index (κ3) is 3.36. The van der Waals surface area contributed by atoms with Crippen molar-refractivity contribution in [2.75, 3.05) is 25.0 Å². The highest BCUT2D eigenvalue weighted by Crippen LogP contribution is 2.30. The van der Waals surface area contributed by atoms with E-state index in [9.17, 15) is 8.42 Å². The second-order valence-electron chi connectivity index (χ2n) is 5.72. The van der Waals surface area contributed by atoms with Gasteiger partial charge in [-0.25, -0.2) is 18.1 Å². The van der Waals surface area contributed by atoms with Crippen LogP contribution in [0, 0.1) is 0 Å². The summed E-state index contributed by atoms with van der Waals surface area (Å²) in [5, 5.41) is 3.15. The molecule has 2 N–H and O–H groups in total. The molecule has 0 spiro atoms. The number of pyridine rings is 1. The Morgan fingerprint density at radius 1 is 1.38 bits per heavy atom. The van der Waals surface area contributed by atoms with Crippen LogP contribution in [-0.4, -0.2) is 50.0 Å². The molecular formula is C14H22N4O2S. The summed E-state index contributed by atoms with van der Waals surface area (Å²) in [6.07, 6.45) is 4.90. The number of nitrogens with zero attached hydrogens (tertiary/aromatic N) is 2. The molecular weight excluding hydrogens is 288 g/mol. The van der Waals surface area contributed by atoms with E-state index < -0.39 is 10.0 Å². The first kappa shape index (κ1) is 14.7. The minimum absolute atomic E-state index is 0.00733. The van der Waals surface area contributed by atoms with Crippen molar-refractivity contribution in [1.82, 2.24) is 14.6 Å². The summed E-state index contributed by atoms with van der Waals surface area (Å²) in [4.78, 5) is 6.44. The summed E-state index contributed by atoms with van der Waals surface area (Å²) in [6, 6.07) is 4.16. The van der Waals surface area contributed by atoms with Crippen LogP contribution in [0.2, 0.25) is 0 Å². The third-order valence-electron chi connectivity index (χ3n) is 4.00. The fourth-order valence-corrected chi connectivity index (χ4v) is 4.23. The molecule has 2 fully saturated rings. The second-order valence-corrected chi connectivity index (χ2v) is 7.35. The standard InChI is InChI=1S/C14H22N4O2S/c1-2-15-13-4-3-8-16-14(13)21(19,20)17-11-7-9-18(10-11)12-5-6-12/h3-4,8,11-12,15,17H,2,5-7,9-10H2,1H3. The molecule has 1 aliphatic heterocycles. The number of aromatic nitrogens is 1. The average molecular weight is 310 g/mol. The molecule has 2 heterocycles. The maximum absolute atomic E-state index is 12.5. The van der Waals surface area contributed by atoms with Crippen molar-refractivity contribution in [3.8, 4) is 0 Å². The summed E-state index contributed by atoms with van der Waals surface area (Å²) in [5.74, 6) is 0. The molecule has 116 valence electrons. The Balaban J connectivity index is 1.72. The van der Waals surface area contributed by atoms with Crippen molar-refractivity contribution in [3.05, 3.63) is 18.3 Å². The first-order chi connectivity index (χ1) is 10.1. The summed E-state index contributed by atoms with van der Waals surface area (Å²) in [5.41, 5.74) is 0.560. The molecule has 1 unspecified atom stereocenters. The molecule has 1 aromatic rings. The van der Waals surface area contributed by atoms with Crippen LogP contribution < -0.4 is 10.0 Å². The molecule has 2 aliphatic rings. The molecule has 0 bridgehead atoms. The van der Waals surface area contributed by atoms with Gasteiger partial charge in [0.25, 0.3) is 10.0 Å². The molecule has 3 rings (SSSR count). The smallest absolute Gasteiger partial charge is 0.260 e. The van der Waals surface area contributed by atoms with E-state index in [1.54, 1.807) is 12.1 Å². The largest absolute Gasteiger partial charge is 0.383 e. The Hall–Kier alpha value is -1.18. The highest BCUT2D eigenvalue weighted by molar-refractivity contribution is 7.89.